The molecule has 1 saturated carbocycles. The Balaban J connectivity index is 1.07. The van der Waals surface area contributed by atoms with Gasteiger partial charge in [-0.2, -0.15) is 0 Å². The summed E-state index contributed by atoms with van der Waals surface area (Å²) in [7, 11) is 0. The maximum atomic E-state index is 13.2. The summed E-state index contributed by atoms with van der Waals surface area (Å²) in [5.74, 6) is -2.16. The number of piperidine rings is 1. The van der Waals surface area contributed by atoms with Crippen molar-refractivity contribution >= 4 is 23.9 Å². The van der Waals surface area contributed by atoms with E-state index in [4.69, 9.17) is 9.57 Å². The maximum absolute atomic E-state index is 13.2. The van der Waals surface area contributed by atoms with Crippen molar-refractivity contribution in [3.05, 3.63) is 95.1 Å². The van der Waals surface area contributed by atoms with Crippen LogP contribution in [0.25, 0.3) is 11.1 Å². The monoisotopic (exact) mass is 494 g/mol. The number of fused-ring (bicyclic) bond motifs is 5. The second-order valence-electron chi connectivity index (χ2n) is 9.92. The SMILES string of the molecule is O=C(ON1C(=O)c2ccccc2C1=O)[C@H]1[C@H]2C[C@H]2CN1C(=O)OCC1c2ccccc2-c2ccccc21. The third kappa shape index (κ3) is 3.28. The van der Waals surface area contributed by atoms with Gasteiger partial charge in [-0.3, -0.25) is 14.5 Å². The standard InChI is InChI=1S/C29H22N2O6/c32-26-21-11-5-6-12-22(21)27(33)31(26)37-28(34)25-23-13-16(23)14-30(25)29(35)36-15-24-19-9-3-1-7-17(19)18-8-2-4-10-20(18)24/h1-12,16,23-25H,13-15H2/t16-,23-,25+/m0/s1. The summed E-state index contributed by atoms with van der Waals surface area (Å²) in [6, 6.07) is 21.5. The first-order valence-electron chi connectivity index (χ1n) is 12.3. The summed E-state index contributed by atoms with van der Waals surface area (Å²) in [6.45, 7) is 0.516. The number of rotatable bonds is 4. The normalized spacial score (nSPS) is 22.9. The van der Waals surface area contributed by atoms with Gasteiger partial charge in [0.2, 0.25) is 0 Å². The van der Waals surface area contributed by atoms with Gasteiger partial charge in [0.15, 0.2) is 0 Å². The second kappa shape index (κ2) is 8.03. The number of hydroxylamine groups is 2. The third-order valence-electron chi connectivity index (χ3n) is 7.90. The van der Waals surface area contributed by atoms with Crippen LogP contribution in [0.4, 0.5) is 4.79 Å². The van der Waals surface area contributed by atoms with Gasteiger partial charge in [-0.15, -0.1) is 0 Å². The molecule has 2 aliphatic heterocycles. The van der Waals surface area contributed by atoms with Crippen molar-refractivity contribution in [3.8, 4) is 11.1 Å². The summed E-state index contributed by atoms with van der Waals surface area (Å²) < 4.78 is 5.77. The van der Waals surface area contributed by atoms with Crippen LogP contribution in [0.3, 0.4) is 0 Å². The fourth-order valence-electron chi connectivity index (χ4n) is 6.03. The van der Waals surface area contributed by atoms with Gasteiger partial charge in [0.25, 0.3) is 11.8 Å². The molecule has 2 aliphatic carbocycles. The van der Waals surface area contributed by atoms with Crippen LogP contribution in [0.5, 0.6) is 0 Å². The zero-order valence-corrected chi connectivity index (χ0v) is 19.7. The van der Waals surface area contributed by atoms with E-state index >= 15 is 0 Å². The average molecular weight is 495 g/mol. The fourth-order valence-corrected chi connectivity index (χ4v) is 6.03. The molecule has 0 N–H and O–H groups in total. The van der Waals surface area contributed by atoms with Gasteiger partial charge >= 0.3 is 12.1 Å². The van der Waals surface area contributed by atoms with E-state index in [9.17, 15) is 19.2 Å². The topological polar surface area (TPSA) is 93.2 Å². The van der Waals surface area contributed by atoms with Crippen LogP contribution in [0, 0.1) is 11.8 Å². The van der Waals surface area contributed by atoms with E-state index in [1.807, 2.05) is 36.4 Å². The molecule has 2 heterocycles. The summed E-state index contributed by atoms with van der Waals surface area (Å²) >= 11 is 0. The van der Waals surface area contributed by atoms with Crippen molar-refractivity contribution in [2.75, 3.05) is 13.2 Å². The van der Waals surface area contributed by atoms with E-state index < -0.39 is 29.9 Å². The molecule has 8 nitrogen and oxygen atoms in total. The van der Waals surface area contributed by atoms with E-state index in [-0.39, 0.29) is 35.5 Å². The molecule has 3 atom stereocenters. The molecule has 7 rings (SSSR count). The van der Waals surface area contributed by atoms with Gasteiger partial charge in [0, 0.05) is 12.5 Å². The average Bonchev–Trinajstić information content (AvgIpc) is 3.37. The zero-order chi connectivity index (χ0) is 25.3. The predicted molar refractivity (Wildman–Crippen MR) is 130 cm³/mol. The predicted octanol–water partition coefficient (Wildman–Crippen LogP) is 4.01. The first-order chi connectivity index (χ1) is 18.0. The molecule has 2 fully saturated rings. The number of likely N-dealkylation sites (tertiary alicyclic amines) is 1. The molecular weight excluding hydrogens is 472 g/mol. The molecule has 0 unspecified atom stereocenters. The quantitative estimate of drug-likeness (QED) is 0.509. The first-order valence-corrected chi connectivity index (χ1v) is 12.3. The van der Waals surface area contributed by atoms with Crippen LogP contribution in [-0.4, -0.2) is 53.0 Å². The number of carbonyl (C=O) groups excluding carboxylic acids is 4. The van der Waals surface area contributed by atoms with Crippen molar-refractivity contribution in [2.45, 2.75) is 18.4 Å². The van der Waals surface area contributed by atoms with E-state index in [1.54, 1.807) is 12.1 Å². The van der Waals surface area contributed by atoms with Crippen LogP contribution in [0.2, 0.25) is 0 Å². The molecule has 4 aliphatic rings. The summed E-state index contributed by atoms with van der Waals surface area (Å²) in [5.41, 5.74) is 4.83. The number of hydrogen-bond donors (Lipinski definition) is 0. The molecule has 8 heteroatoms. The molecule has 3 aromatic rings. The lowest BCUT2D eigenvalue weighted by Gasteiger charge is -2.27. The minimum atomic E-state index is -0.898. The summed E-state index contributed by atoms with van der Waals surface area (Å²) in [6.07, 6.45) is 0.188. The fraction of sp³-hybridized carbons (Fsp3) is 0.241. The molecule has 184 valence electrons. The second-order valence-corrected chi connectivity index (χ2v) is 9.92. The van der Waals surface area contributed by atoms with Crippen LogP contribution in [0.1, 0.15) is 44.2 Å². The van der Waals surface area contributed by atoms with Gasteiger partial charge in [-0.1, -0.05) is 65.7 Å². The molecule has 0 radical (unpaired) electrons. The van der Waals surface area contributed by atoms with E-state index in [2.05, 4.69) is 12.1 Å². The van der Waals surface area contributed by atoms with Crippen molar-refractivity contribution in [1.82, 2.24) is 9.96 Å². The van der Waals surface area contributed by atoms with Crippen molar-refractivity contribution in [2.24, 2.45) is 11.8 Å². The van der Waals surface area contributed by atoms with Gasteiger partial charge in [-0.25, -0.2) is 9.59 Å². The third-order valence-corrected chi connectivity index (χ3v) is 7.90. The number of hydrogen-bond acceptors (Lipinski definition) is 6. The number of nitrogens with zero attached hydrogens (tertiary/aromatic N) is 2. The smallest absolute Gasteiger partial charge is 0.410 e. The Labute approximate surface area is 212 Å². The number of amides is 3. The van der Waals surface area contributed by atoms with Crippen molar-refractivity contribution in [3.63, 3.8) is 0 Å². The number of imide groups is 1. The van der Waals surface area contributed by atoms with Crippen LogP contribution >= 0.6 is 0 Å². The molecular formula is C29H22N2O6. The maximum Gasteiger partial charge on any atom is 0.410 e. The molecule has 0 aromatic heterocycles. The highest BCUT2D eigenvalue weighted by molar-refractivity contribution is 6.21. The van der Waals surface area contributed by atoms with Crippen LogP contribution in [-0.2, 0) is 14.4 Å². The van der Waals surface area contributed by atoms with Crippen LogP contribution in [0.15, 0.2) is 72.8 Å². The summed E-state index contributed by atoms with van der Waals surface area (Å²) in [5, 5.41) is 0.499. The van der Waals surface area contributed by atoms with Crippen LogP contribution < -0.4 is 0 Å². The molecule has 3 amide bonds. The largest absolute Gasteiger partial charge is 0.448 e. The highest BCUT2D eigenvalue weighted by Crippen LogP contribution is 2.50. The molecule has 3 aromatic carbocycles. The minimum absolute atomic E-state index is 0.0665. The Bertz CT molecular complexity index is 1420. The van der Waals surface area contributed by atoms with Gasteiger partial charge in [0.1, 0.15) is 12.6 Å². The first kappa shape index (κ1) is 21.8. The lowest BCUT2D eigenvalue weighted by Crippen LogP contribution is -2.47. The molecule has 0 spiro atoms. The van der Waals surface area contributed by atoms with Crippen molar-refractivity contribution < 1.29 is 28.8 Å². The Hall–Kier alpha value is -4.46. The molecule has 0 bridgehead atoms. The highest BCUT2D eigenvalue weighted by Gasteiger charge is 2.59. The Morgan fingerprint density at radius 3 is 1.92 bits per heavy atom. The zero-order valence-electron chi connectivity index (χ0n) is 19.7. The lowest BCUT2D eigenvalue weighted by atomic mass is 9.98. The van der Waals surface area contributed by atoms with E-state index in [1.165, 1.54) is 17.0 Å². The Kier molecular flexibility index (Phi) is 4.73. The lowest BCUT2D eigenvalue weighted by molar-refractivity contribution is -0.174. The number of benzene rings is 3. The molecule has 37 heavy (non-hydrogen) atoms. The van der Waals surface area contributed by atoms with Gasteiger partial charge in [0.05, 0.1) is 11.1 Å². The van der Waals surface area contributed by atoms with Gasteiger partial charge < -0.3 is 9.57 Å². The Morgan fingerprint density at radius 1 is 0.784 bits per heavy atom. The van der Waals surface area contributed by atoms with Gasteiger partial charge in [-0.05, 0) is 52.6 Å². The van der Waals surface area contributed by atoms with E-state index in [0.717, 1.165) is 28.7 Å². The Morgan fingerprint density at radius 2 is 1.32 bits per heavy atom. The van der Waals surface area contributed by atoms with Crippen molar-refractivity contribution in [1.29, 1.82) is 0 Å². The summed E-state index contributed by atoms with van der Waals surface area (Å²) in [4.78, 5) is 58.3. The number of carbonyl (C=O) groups is 4. The highest BCUT2D eigenvalue weighted by atomic mass is 16.7. The number of ether oxygens (including phenoxy) is 1. The molecule has 1 saturated heterocycles. The minimum Gasteiger partial charge on any atom is -0.448 e. The van der Waals surface area contributed by atoms with E-state index in [0.29, 0.717) is 11.6 Å².